The molecular formula is C25H32N2O3. The molecule has 0 N–H and O–H groups in total. The van der Waals surface area contributed by atoms with Gasteiger partial charge in [-0.15, -0.1) is 0 Å². The molecule has 0 radical (unpaired) electrons. The molecule has 2 aliphatic heterocycles. The van der Waals surface area contributed by atoms with Gasteiger partial charge in [0.1, 0.15) is 18.1 Å². The fraction of sp³-hybridized carbons (Fsp3) is 0.480. The third kappa shape index (κ3) is 5.14. The van der Waals surface area contributed by atoms with Gasteiger partial charge >= 0.3 is 0 Å². The largest absolute Gasteiger partial charge is 0.497 e. The zero-order chi connectivity index (χ0) is 20.8. The van der Waals surface area contributed by atoms with Crippen molar-refractivity contribution in [3.05, 3.63) is 60.2 Å². The number of hydrogen-bond donors (Lipinski definition) is 0. The molecule has 2 aromatic carbocycles. The zero-order valence-electron chi connectivity index (χ0n) is 17.9. The number of hydrogen-bond acceptors (Lipinski definition) is 4. The van der Waals surface area contributed by atoms with Crippen LogP contribution in [0.1, 0.15) is 24.8 Å². The summed E-state index contributed by atoms with van der Waals surface area (Å²) < 4.78 is 11.2. The van der Waals surface area contributed by atoms with E-state index in [4.69, 9.17) is 9.47 Å². The average molecular weight is 409 g/mol. The summed E-state index contributed by atoms with van der Waals surface area (Å²) in [6.07, 6.45) is 3.96. The van der Waals surface area contributed by atoms with E-state index in [1.165, 1.54) is 12.8 Å². The molecule has 1 amide bonds. The highest BCUT2D eigenvalue weighted by Crippen LogP contribution is 2.39. The van der Waals surface area contributed by atoms with Crippen molar-refractivity contribution in [2.45, 2.75) is 25.7 Å². The third-order valence-electron chi connectivity index (χ3n) is 6.44. The molecule has 0 aliphatic carbocycles. The lowest BCUT2D eigenvalue weighted by Crippen LogP contribution is -2.46. The van der Waals surface area contributed by atoms with Crippen LogP contribution in [0.3, 0.4) is 0 Å². The fourth-order valence-electron chi connectivity index (χ4n) is 4.86. The number of likely N-dealkylation sites (tertiary alicyclic amines) is 2. The Morgan fingerprint density at radius 3 is 2.67 bits per heavy atom. The lowest BCUT2D eigenvalue weighted by atomic mass is 9.79. The Morgan fingerprint density at radius 1 is 1.00 bits per heavy atom. The van der Waals surface area contributed by atoms with Crippen molar-refractivity contribution in [3.63, 3.8) is 0 Å². The maximum atomic E-state index is 12.9. The summed E-state index contributed by atoms with van der Waals surface area (Å²) in [5, 5.41) is 0. The first-order valence-corrected chi connectivity index (χ1v) is 11.0. The number of benzene rings is 2. The van der Waals surface area contributed by atoms with Crippen LogP contribution >= 0.6 is 0 Å². The molecular weight excluding hydrogens is 376 g/mol. The van der Waals surface area contributed by atoms with Crippen LogP contribution in [0.2, 0.25) is 0 Å². The number of nitrogens with zero attached hydrogens (tertiary/aromatic N) is 2. The molecule has 2 aliphatic rings. The monoisotopic (exact) mass is 408 g/mol. The third-order valence-corrected chi connectivity index (χ3v) is 6.44. The van der Waals surface area contributed by atoms with Gasteiger partial charge in [0.05, 0.1) is 13.5 Å². The van der Waals surface area contributed by atoms with Gasteiger partial charge in [0.15, 0.2) is 0 Å². The lowest BCUT2D eigenvalue weighted by molar-refractivity contribution is -0.130. The van der Waals surface area contributed by atoms with Crippen LogP contribution in [0.25, 0.3) is 0 Å². The lowest BCUT2D eigenvalue weighted by Gasteiger charge is -2.40. The summed E-state index contributed by atoms with van der Waals surface area (Å²) in [6.45, 7) is 5.59. The molecule has 5 heteroatoms. The van der Waals surface area contributed by atoms with E-state index in [1.54, 1.807) is 7.11 Å². The SMILES string of the molecule is COc1cccc(CC(=O)N2CCC3(CCCN(CCOc4ccccc4)C3)C2)c1. The number of rotatable bonds is 7. The summed E-state index contributed by atoms with van der Waals surface area (Å²) in [4.78, 5) is 17.5. The highest BCUT2D eigenvalue weighted by Gasteiger charge is 2.42. The van der Waals surface area contributed by atoms with Gasteiger partial charge in [-0.25, -0.2) is 0 Å². The molecule has 30 heavy (non-hydrogen) atoms. The van der Waals surface area contributed by atoms with E-state index in [-0.39, 0.29) is 11.3 Å². The van der Waals surface area contributed by atoms with Crippen molar-refractivity contribution < 1.29 is 14.3 Å². The second-order valence-electron chi connectivity index (χ2n) is 8.63. The Kier molecular flexibility index (Phi) is 6.58. The van der Waals surface area contributed by atoms with Crippen LogP contribution < -0.4 is 9.47 Å². The molecule has 2 fully saturated rings. The minimum Gasteiger partial charge on any atom is -0.497 e. The Balaban J connectivity index is 1.28. The Morgan fingerprint density at radius 2 is 1.83 bits per heavy atom. The predicted octanol–water partition coefficient (Wildman–Crippen LogP) is 3.63. The topological polar surface area (TPSA) is 42.0 Å². The molecule has 1 atom stereocenters. The van der Waals surface area contributed by atoms with Gasteiger partial charge in [-0.2, -0.15) is 0 Å². The van der Waals surface area contributed by atoms with Gasteiger partial charge in [0, 0.05) is 31.6 Å². The molecule has 2 heterocycles. The van der Waals surface area contributed by atoms with E-state index >= 15 is 0 Å². The van der Waals surface area contributed by atoms with Gasteiger partial charge < -0.3 is 14.4 Å². The van der Waals surface area contributed by atoms with Gasteiger partial charge in [0.2, 0.25) is 5.91 Å². The summed E-state index contributed by atoms with van der Waals surface area (Å²) in [5.74, 6) is 1.96. The first kappa shape index (κ1) is 20.7. The minimum absolute atomic E-state index is 0.227. The van der Waals surface area contributed by atoms with Crippen LogP contribution in [0.5, 0.6) is 11.5 Å². The van der Waals surface area contributed by atoms with Crippen molar-refractivity contribution in [1.29, 1.82) is 0 Å². The second-order valence-corrected chi connectivity index (χ2v) is 8.63. The summed E-state index contributed by atoms with van der Waals surface area (Å²) in [5.41, 5.74) is 1.26. The molecule has 5 nitrogen and oxygen atoms in total. The zero-order valence-corrected chi connectivity index (χ0v) is 17.9. The van der Waals surface area contributed by atoms with E-state index in [0.29, 0.717) is 13.0 Å². The van der Waals surface area contributed by atoms with Crippen LogP contribution in [0.15, 0.2) is 54.6 Å². The van der Waals surface area contributed by atoms with E-state index in [0.717, 1.165) is 56.2 Å². The molecule has 1 unspecified atom stereocenters. The summed E-state index contributed by atoms with van der Waals surface area (Å²) in [7, 11) is 1.66. The van der Waals surface area contributed by atoms with Crippen LogP contribution in [0.4, 0.5) is 0 Å². The molecule has 160 valence electrons. The molecule has 0 saturated carbocycles. The normalized spacial score (nSPS) is 21.7. The molecule has 0 bridgehead atoms. The van der Waals surface area contributed by atoms with Gasteiger partial charge in [-0.05, 0) is 55.6 Å². The Bertz CT molecular complexity index is 841. The number of methoxy groups -OCH3 is 1. The molecule has 4 rings (SSSR count). The summed E-state index contributed by atoms with van der Waals surface area (Å²) >= 11 is 0. The van der Waals surface area contributed by atoms with Crippen molar-refractivity contribution in [1.82, 2.24) is 9.80 Å². The van der Waals surface area contributed by atoms with E-state index < -0.39 is 0 Å². The number of carbonyl (C=O) groups is 1. The Hall–Kier alpha value is -2.53. The predicted molar refractivity (Wildman–Crippen MR) is 118 cm³/mol. The molecule has 1 spiro atoms. The molecule has 0 aromatic heterocycles. The second kappa shape index (κ2) is 9.52. The quantitative estimate of drug-likeness (QED) is 0.702. The van der Waals surface area contributed by atoms with Crippen molar-refractivity contribution in [2.24, 2.45) is 5.41 Å². The highest BCUT2D eigenvalue weighted by atomic mass is 16.5. The fourth-order valence-corrected chi connectivity index (χ4v) is 4.86. The standard InChI is InChI=1S/C25H32N2O3/c1-29-23-10-5-7-21(17-23)18-24(28)27-14-12-25(20-27)11-6-13-26(19-25)15-16-30-22-8-3-2-4-9-22/h2-5,7-10,17H,6,11-16,18-20H2,1H3. The first-order valence-electron chi connectivity index (χ1n) is 11.0. The van der Waals surface area contributed by atoms with Crippen molar-refractivity contribution in [3.8, 4) is 11.5 Å². The van der Waals surface area contributed by atoms with E-state index in [9.17, 15) is 4.79 Å². The Labute approximate surface area is 179 Å². The van der Waals surface area contributed by atoms with Crippen LogP contribution in [0, 0.1) is 5.41 Å². The van der Waals surface area contributed by atoms with Crippen molar-refractivity contribution >= 4 is 5.91 Å². The number of piperidine rings is 1. The minimum atomic E-state index is 0.227. The van der Waals surface area contributed by atoms with E-state index in [2.05, 4.69) is 9.80 Å². The van der Waals surface area contributed by atoms with E-state index in [1.807, 2.05) is 54.6 Å². The maximum Gasteiger partial charge on any atom is 0.227 e. The smallest absolute Gasteiger partial charge is 0.227 e. The first-order chi connectivity index (χ1) is 14.7. The van der Waals surface area contributed by atoms with Gasteiger partial charge in [-0.1, -0.05) is 30.3 Å². The molecule has 2 saturated heterocycles. The number of ether oxygens (including phenoxy) is 2. The average Bonchev–Trinajstić information content (AvgIpc) is 3.18. The number of carbonyl (C=O) groups excluding carboxylic acids is 1. The maximum absolute atomic E-state index is 12.9. The summed E-state index contributed by atoms with van der Waals surface area (Å²) in [6, 6.07) is 17.8. The number of amides is 1. The van der Waals surface area contributed by atoms with Crippen LogP contribution in [-0.2, 0) is 11.2 Å². The van der Waals surface area contributed by atoms with Gasteiger partial charge in [-0.3, -0.25) is 9.69 Å². The highest BCUT2D eigenvalue weighted by molar-refractivity contribution is 5.79. The van der Waals surface area contributed by atoms with Crippen LogP contribution in [-0.4, -0.2) is 62.1 Å². The number of para-hydroxylation sites is 1. The van der Waals surface area contributed by atoms with Gasteiger partial charge in [0.25, 0.3) is 0 Å². The van der Waals surface area contributed by atoms with Crippen molar-refractivity contribution in [2.75, 3.05) is 46.4 Å². The molecule has 2 aromatic rings.